The predicted octanol–water partition coefficient (Wildman–Crippen LogP) is 2.42. The molecule has 0 radical (unpaired) electrons. The first-order chi connectivity index (χ1) is 9.17. The fourth-order valence-corrected chi connectivity index (χ4v) is 4.03. The Labute approximate surface area is 124 Å². The van der Waals surface area contributed by atoms with Crippen molar-refractivity contribution in [2.24, 2.45) is 0 Å². The Morgan fingerprint density at radius 2 is 2.05 bits per heavy atom. The molecule has 2 aliphatic rings. The summed E-state index contributed by atoms with van der Waals surface area (Å²) in [6.45, 7) is 2.81. The third kappa shape index (κ3) is 3.02. The fourth-order valence-electron chi connectivity index (χ4n) is 2.59. The number of thiophene rings is 1. The molecular weight excluding hydrogens is 330 g/mol. The second-order valence-electron chi connectivity index (χ2n) is 4.90. The van der Waals surface area contributed by atoms with Gasteiger partial charge in [0.05, 0.1) is 19.6 Å². The van der Waals surface area contributed by atoms with Gasteiger partial charge in [-0.2, -0.15) is 0 Å². The molecule has 104 valence electrons. The van der Waals surface area contributed by atoms with Crippen LogP contribution in [-0.4, -0.2) is 42.9 Å². The molecule has 0 aliphatic carbocycles. The van der Waals surface area contributed by atoms with Gasteiger partial charge in [-0.3, -0.25) is 4.79 Å². The van der Waals surface area contributed by atoms with Crippen molar-refractivity contribution in [3.8, 4) is 0 Å². The molecule has 3 heterocycles. The third-order valence-electron chi connectivity index (χ3n) is 3.64. The lowest BCUT2D eigenvalue weighted by molar-refractivity contribution is -0.187. The summed E-state index contributed by atoms with van der Waals surface area (Å²) in [7, 11) is 0. The van der Waals surface area contributed by atoms with Crippen LogP contribution in [0.3, 0.4) is 0 Å². The van der Waals surface area contributed by atoms with Crippen LogP contribution in [0.5, 0.6) is 0 Å². The average molecular weight is 346 g/mol. The van der Waals surface area contributed by atoms with Crippen molar-refractivity contribution in [1.82, 2.24) is 4.90 Å². The van der Waals surface area contributed by atoms with Gasteiger partial charge in [0.1, 0.15) is 0 Å². The maximum atomic E-state index is 12.2. The molecule has 0 unspecified atom stereocenters. The van der Waals surface area contributed by atoms with Gasteiger partial charge in [-0.15, -0.1) is 11.3 Å². The molecule has 2 saturated heterocycles. The minimum absolute atomic E-state index is 0.196. The number of amides is 1. The van der Waals surface area contributed by atoms with Crippen molar-refractivity contribution in [1.29, 1.82) is 0 Å². The summed E-state index contributed by atoms with van der Waals surface area (Å²) in [4.78, 5) is 15.2. The molecule has 4 nitrogen and oxygen atoms in total. The van der Waals surface area contributed by atoms with E-state index in [-0.39, 0.29) is 5.91 Å². The van der Waals surface area contributed by atoms with Gasteiger partial charge in [-0.1, -0.05) is 0 Å². The van der Waals surface area contributed by atoms with Crippen LogP contribution in [0.25, 0.3) is 0 Å². The molecule has 0 saturated carbocycles. The van der Waals surface area contributed by atoms with Gasteiger partial charge in [-0.25, -0.2) is 0 Å². The van der Waals surface area contributed by atoms with E-state index in [1.54, 1.807) is 11.3 Å². The molecule has 2 aliphatic heterocycles. The van der Waals surface area contributed by atoms with Crippen LogP contribution in [0.4, 0.5) is 0 Å². The van der Waals surface area contributed by atoms with Crippen LogP contribution in [0.2, 0.25) is 0 Å². The lowest BCUT2D eigenvalue weighted by Crippen LogP contribution is -2.47. The summed E-state index contributed by atoms with van der Waals surface area (Å²) < 4.78 is 12.4. The first-order valence-electron chi connectivity index (χ1n) is 6.45. The Balaban J connectivity index is 1.54. The highest BCUT2D eigenvalue weighted by Gasteiger charge is 2.40. The van der Waals surface area contributed by atoms with Gasteiger partial charge in [0.2, 0.25) is 5.91 Å². The molecule has 0 bridgehead atoms. The number of likely N-dealkylation sites (tertiary alicyclic amines) is 1. The SMILES string of the molecule is O=C(Cc1cc(Br)cs1)N1CCC2(CC1)OCCO2. The van der Waals surface area contributed by atoms with Gasteiger partial charge in [0.25, 0.3) is 0 Å². The minimum Gasteiger partial charge on any atom is -0.347 e. The molecule has 0 N–H and O–H groups in total. The van der Waals surface area contributed by atoms with Gasteiger partial charge in [0.15, 0.2) is 5.79 Å². The van der Waals surface area contributed by atoms with Crippen molar-refractivity contribution in [3.63, 3.8) is 0 Å². The zero-order chi connectivity index (χ0) is 13.3. The number of piperidine rings is 1. The highest BCUT2D eigenvalue weighted by atomic mass is 79.9. The van der Waals surface area contributed by atoms with Crippen molar-refractivity contribution >= 4 is 33.2 Å². The Hall–Kier alpha value is -0.430. The lowest BCUT2D eigenvalue weighted by atomic mass is 10.0. The zero-order valence-electron chi connectivity index (χ0n) is 10.6. The molecule has 19 heavy (non-hydrogen) atoms. The van der Waals surface area contributed by atoms with Crippen LogP contribution in [0.1, 0.15) is 17.7 Å². The molecule has 1 aromatic rings. The van der Waals surface area contributed by atoms with Gasteiger partial charge in [0, 0.05) is 40.7 Å². The second kappa shape index (κ2) is 5.52. The van der Waals surface area contributed by atoms with E-state index in [4.69, 9.17) is 9.47 Å². The molecular formula is C13H16BrNO3S. The van der Waals surface area contributed by atoms with E-state index in [0.29, 0.717) is 19.6 Å². The molecule has 1 spiro atoms. The molecule has 2 fully saturated rings. The minimum atomic E-state index is -0.400. The quantitative estimate of drug-likeness (QED) is 0.826. The Morgan fingerprint density at radius 3 is 2.63 bits per heavy atom. The average Bonchev–Trinajstić information content (AvgIpc) is 3.00. The Kier molecular flexibility index (Phi) is 3.93. The van der Waals surface area contributed by atoms with E-state index in [9.17, 15) is 4.79 Å². The Morgan fingerprint density at radius 1 is 1.37 bits per heavy atom. The number of carbonyl (C=O) groups is 1. The van der Waals surface area contributed by atoms with Crippen LogP contribution in [0.15, 0.2) is 15.9 Å². The van der Waals surface area contributed by atoms with E-state index in [1.165, 1.54) is 0 Å². The van der Waals surface area contributed by atoms with Crippen molar-refractivity contribution < 1.29 is 14.3 Å². The van der Waals surface area contributed by atoms with E-state index in [1.807, 2.05) is 16.3 Å². The summed E-state index contributed by atoms with van der Waals surface area (Å²) in [6.07, 6.45) is 2.06. The lowest BCUT2D eigenvalue weighted by Gasteiger charge is -2.37. The number of halogens is 1. The van der Waals surface area contributed by atoms with E-state index in [0.717, 1.165) is 35.3 Å². The smallest absolute Gasteiger partial charge is 0.227 e. The van der Waals surface area contributed by atoms with Crippen molar-refractivity contribution in [3.05, 3.63) is 20.8 Å². The zero-order valence-corrected chi connectivity index (χ0v) is 13.0. The molecule has 1 aromatic heterocycles. The van der Waals surface area contributed by atoms with Gasteiger partial charge < -0.3 is 14.4 Å². The second-order valence-corrected chi connectivity index (χ2v) is 6.81. The maximum Gasteiger partial charge on any atom is 0.227 e. The van der Waals surface area contributed by atoms with Gasteiger partial charge >= 0.3 is 0 Å². The van der Waals surface area contributed by atoms with Gasteiger partial charge in [-0.05, 0) is 22.0 Å². The topological polar surface area (TPSA) is 38.8 Å². The molecule has 6 heteroatoms. The first kappa shape index (κ1) is 13.5. The maximum absolute atomic E-state index is 12.2. The monoisotopic (exact) mass is 345 g/mol. The third-order valence-corrected chi connectivity index (χ3v) is 5.34. The summed E-state index contributed by atoms with van der Waals surface area (Å²) in [5.74, 6) is -0.204. The number of ether oxygens (including phenoxy) is 2. The summed E-state index contributed by atoms with van der Waals surface area (Å²) in [6, 6.07) is 2.01. The first-order valence-corrected chi connectivity index (χ1v) is 8.13. The van der Waals surface area contributed by atoms with Crippen LogP contribution in [0, 0.1) is 0 Å². The van der Waals surface area contributed by atoms with E-state index < -0.39 is 5.79 Å². The molecule has 0 aromatic carbocycles. The highest BCUT2D eigenvalue weighted by Crippen LogP contribution is 2.31. The predicted molar refractivity (Wildman–Crippen MR) is 76.2 cm³/mol. The summed E-state index contributed by atoms with van der Waals surface area (Å²) >= 11 is 5.03. The number of rotatable bonds is 2. The van der Waals surface area contributed by atoms with Crippen LogP contribution >= 0.6 is 27.3 Å². The molecule has 0 atom stereocenters. The fraction of sp³-hybridized carbons (Fsp3) is 0.615. The number of hydrogen-bond donors (Lipinski definition) is 0. The largest absolute Gasteiger partial charge is 0.347 e. The van der Waals surface area contributed by atoms with Crippen molar-refractivity contribution in [2.75, 3.05) is 26.3 Å². The van der Waals surface area contributed by atoms with E-state index >= 15 is 0 Å². The normalized spacial score (nSPS) is 22.1. The Bertz CT molecular complexity index is 460. The van der Waals surface area contributed by atoms with E-state index in [2.05, 4.69) is 15.9 Å². The highest BCUT2D eigenvalue weighted by molar-refractivity contribution is 9.10. The summed E-state index contributed by atoms with van der Waals surface area (Å²) in [5, 5.41) is 2.01. The molecule has 1 amide bonds. The van der Waals surface area contributed by atoms with Crippen molar-refractivity contribution in [2.45, 2.75) is 25.0 Å². The van der Waals surface area contributed by atoms with Crippen LogP contribution in [-0.2, 0) is 20.7 Å². The summed E-state index contributed by atoms with van der Waals surface area (Å²) in [5.41, 5.74) is 0. The number of nitrogens with zero attached hydrogens (tertiary/aromatic N) is 1. The number of carbonyl (C=O) groups excluding carboxylic acids is 1. The number of hydrogen-bond acceptors (Lipinski definition) is 4. The van der Waals surface area contributed by atoms with Crippen LogP contribution < -0.4 is 0 Å². The molecule has 3 rings (SSSR count). The standard InChI is InChI=1S/C13H16BrNO3S/c14-10-7-11(19-9-10)8-12(16)15-3-1-13(2-4-15)17-5-6-18-13/h7,9H,1-6,8H2.